The van der Waals surface area contributed by atoms with Crippen molar-refractivity contribution in [2.75, 3.05) is 19.7 Å². The first kappa shape index (κ1) is 15.3. The van der Waals surface area contributed by atoms with Crippen molar-refractivity contribution in [1.82, 2.24) is 4.90 Å². The molecule has 5 nitrogen and oxygen atoms in total. The molecule has 2 aliphatic heterocycles. The highest BCUT2D eigenvalue weighted by molar-refractivity contribution is 5.90. The number of carbonyl (C=O) groups is 1. The number of nitrogens with two attached hydrogens (primary N) is 1. The number of amides is 1. The van der Waals surface area contributed by atoms with Gasteiger partial charge in [0, 0.05) is 17.9 Å². The number of hydrogen-bond donors (Lipinski definition) is 2. The average Bonchev–Trinajstić information content (AvgIpc) is 2.43. The molecule has 1 aliphatic carbocycles. The summed E-state index contributed by atoms with van der Waals surface area (Å²) in [5.41, 5.74) is 4.72. The molecule has 0 aromatic carbocycles. The molecule has 2 heterocycles. The molecule has 0 aromatic heterocycles. The van der Waals surface area contributed by atoms with Crippen LogP contribution in [0.3, 0.4) is 0 Å². The number of ether oxygens (including phenoxy) is 1. The van der Waals surface area contributed by atoms with Gasteiger partial charge in [-0.15, -0.1) is 0 Å². The van der Waals surface area contributed by atoms with Gasteiger partial charge < -0.3 is 20.5 Å². The van der Waals surface area contributed by atoms with E-state index in [0.717, 1.165) is 32.3 Å². The van der Waals surface area contributed by atoms with Crippen LogP contribution < -0.4 is 5.73 Å². The van der Waals surface area contributed by atoms with Gasteiger partial charge in [-0.1, -0.05) is 27.2 Å². The zero-order valence-electron chi connectivity index (χ0n) is 13.4. The van der Waals surface area contributed by atoms with Crippen LogP contribution in [-0.2, 0) is 9.53 Å². The molecule has 0 spiro atoms. The number of carbonyl (C=O) groups excluding carboxylic acids is 1. The molecule has 0 bridgehead atoms. The molecule has 3 atom stereocenters. The van der Waals surface area contributed by atoms with Gasteiger partial charge in [0.1, 0.15) is 5.54 Å². The second kappa shape index (κ2) is 4.67. The molecular weight excluding hydrogens is 268 g/mol. The van der Waals surface area contributed by atoms with Crippen molar-refractivity contribution in [2.45, 2.75) is 63.7 Å². The minimum absolute atomic E-state index is 0.0000260. The summed E-state index contributed by atoms with van der Waals surface area (Å²) in [5.74, 6) is 0.119. The lowest BCUT2D eigenvalue weighted by Crippen LogP contribution is -2.84. The van der Waals surface area contributed by atoms with Crippen molar-refractivity contribution in [3.8, 4) is 0 Å². The second-order valence-corrected chi connectivity index (χ2v) is 7.77. The highest BCUT2D eigenvalue weighted by Gasteiger charge is 2.71. The predicted octanol–water partition coefficient (Wildman–Crippen LogP) is 0.892. The van der Waals surface area contributed by atoms with E-state index < -0.39 is 11.1 Å². The van der Waals surface area contributed by atoms with Gasteiger partial charge in [0.2, 0.25) is 5.91 Å². The van der Waals surface area contributed by atoms with E-state index in [9.17, 15) is 9.90 Å². The molecule has 3 rings (SSSR count). The smallest absolute Gasteiger partial charge is 0.243 e. The summed E-state index contributed by atoms with van der Waals surface area (Å²) in [6.45, 7) is 7.74. The number of rotatable bonds is 3. The zero-order chi connectivity index (χ0) is 15.5. The normalized spacial score (nSPS) is 40.0. The van der Waals surface area contributed by atoms with Crippen LogP contribution in [0.1, 0.15) is 46.5 Å². The molecule has 2 saturated heterocycles. The average molecular weight is 296 g/mol. The SMILES string of the molecule is CCCC1(O)CN(C(=O)C2(N)C3CCCOC3C2(C)C)C1. The van der Waals surface area contributed by atoms with E-state index in [1.54, 1.807) is 4.90 Å². The number of hydrogen-bond acceptors (Lipinski definition) is 4. The number of nitrogens with zero attached hydrogens (tertiary/aromatic N) is 1. The van der Waals surface area contributed by atoms with Crippen molar-refractivity contribution in [2.24, 2.45) is 17.1 Å². The number of fused-ring (bicyclic) bond motifs is 1. The second-order valence-electron chi connectivity index (χ2n) is 7.77. The van der Waals surface area contributed by atoms with Gasteiger partial charge in [-0.25, -0.2) is 0 Å². The van der Waals surface area contributed by atoms with Crippen LogP contribution >= 0.6 is 0 Å². The Kier molecular flexibility index (Phi) is 3.39. The maximum atomic E-state index is 12.9. The van der Waals surface area contributed by atoms with E-state index in [2.05, 4.69) is 0 Å². The van der Waals surface area contributed by atoms with E-state index in [4.69, 9.17) is 10.5 Å². The van der Waals surface area contributed by atoms with Crippen molar-refractivity contribution >= 4 is 5.91 Å². The van der Waals surface area contributed by atoms with Gasteiger partial charge in [0.15, 0.2) is 0 Å². The first-order chi connectivity index (χ1) is 9.76. The van der Waals surface area contributed by atoms with Crippen LogP contribution in [-0.4, -0.2) is 52.9 Å². The Morgan fingerprint density at radius 2 is 2.10 bits per heavy atom. The molecule has 3 N–H and O–H groups in total. The van der Waals surface area contributed by atoms with Crippen molar-refractivity contribution in [3.63, 3.8) is 0 Å². The third kappa shape index (κ3) is 1.90. The topological polar surface area (TPSA) is 75.8 Å². The van der Waals surface area contributed by atoms with Gasteiger partial charge in [-0.05, 0) is 19.3 Å². The van der Waals surface area contributed by atoms with E-state index in [-0.39, 0.29) is 23.3 Å². The molecule has 5 heteroatoms. The van der Waals surface area contributed by atoms with Crippen molar-refractivity contribution in [3.05, 3.63) is 0 Å². The first-order valence-electron chi connectivity index (χ1n) is 8.18. The number of likely N-dealkylation sites (tertiary alicyclic amines) is 1. The third-order valence-corrected chi connectivity index (χ3v) is 6.01. The highest BCUT2D eigenvalue weighted by Crippen LogP contribution is 2.58. The quantitative estimate of drug-likeness (QED) is 0.811. The molecule has 1 amide bonds. The first-order valence-corrected chi connectivity index (χ1v) is 8.18. The third-order valence-electron chi connectivity index (χ3n) is 6.01. The van der Waals surface area contributed by atoms with Crippen LogP contribution in [0.4, 0.5) is 0 Å². The van der Waals surface area contributed by atoms with E-state index in [1.807, 2.05) is 20.8 Å². The standard InChI is InChI=1S/C16H28N2O3/c1-4-7-15(20)9-18(10-15)13(19)16(17)11-6-5-8-21-12(11)14(16,2)3/h11-12,20H,4-10,17H2,1-3H3. The maximum Gasteiger partial charge on any atom is 0.243 e. The number of aliphatic hydroxyl groups is 1. The van der Waals surface area contributed by atoms with Gasteiger partial charge in [-0.2, -0.15) is 0 Å². The lowest BCUT2D eigenvalue weighted by Gasteiger charge is -2.67. The summed E-state index contributed by atoms with van der Waals surface area (Å²) in [6.07, 6.45) is 3.70. The minimum atomic E-state index is -0.842. The summed E-state index contributed by atoms with van der Waals surface area (Å²) in [6, 6.07) is 0. The number of β-amino-alcohol motifs (C(OH)–C–C–N with tert-alkyl or cyclic N) is 1. The molecule has 3 fully saturated rings. The maximum absolute atomic E-state index is 12.9. The molecule has 0 aromatic rings. The lowest BCUT2D eigenvalue weighted by atomic mass is 9.46. The summed E-state index contributed by atoms with van der Waals surface area (Å²) in [4.78, 5) is 14.7. The minimum Gasteiger partial charge on any atom is -0.386 e. The largest absolute Gasteiger partial charge is 0.386 e. The molecule has 3 unspecified atom stereocenters. The van der Waals surface area contributed by atoms with Gasteiger partial charge in [0.05, 0.1) is 24.8 Å². The predicted molar refractivity (Wildman–Crippen MR) is 79.6 cm³/mol. The van der Waals surface area contributed by atoms with Gasteiger partial charge in [-0.3, -0.25) is 4.79 Å². The summed E-state index contributed by atoms with van der Waals surface area (Å²) < 4.78 is 5.85. The van der Waals surface area contributed by atoms with E-state index in [1.165, 1.54) is 0 Å². The van der Waals surface area contributed by atoms with Gasteiger partial charge >= 0.3 is 0 Å². The molecule has 3 aliphatic rings. The fourth-order valence-electron chi connectivity index (χ4n) is 4.70. The Hall–Kier alpha value is -0.650. The Labute approximate surface area is 126 Å². The molecule has 120 valence electrons. The zero-order valence-corrected chi connectivity index (χ0v) is 13.4. The van der Waals surface area contributed by atoms with Gasteiger partial charge in [0.25, 0.3) is 0 Å². The monoisotopic (exact) mass is 296 g/mol. The van der Waals surface area contributed by atoms with Crippen LogP contribution in [0.2, 0.25) is 0 Å². The van der Waals surface area contributed by atoms with E-state index >= 15 is 0 Å². The highest BCUT2D eigenvalue weighted by atomic mass is 16.5. The summed E-state index contributed by atoms with van der Waals surface area (Å²) >= 11 is 0. The van der Waals surface area contributed by atoms with Crippen molar-refractivity contribution < 1.29 is 14.6 Å². The summed E-state index contributed by atoms with van der Waals surface area (Å²) in [7, 11) is 0. The van der Waals surface area contributed by atoms with Crippen LogP contribution in [0, 0.1) is 11.3 Å². The molecule has 21 heavy (non-hydrogen) atoms. The van der Waals surface area contributed by atoms with Crippen LogP contribution in [0.15, 0.2) is 0 Å². The van der Waals surface area contributed by atoms with E-state index in [0.29, 0.717) is 13.1 Å². The Morgan fingerprint density at radius 3 is 2.71 bits per heavy atom. The lowest BCUT2D eigenvalue weighted by molar-refractivity contribution is -0.237. The van der Waals surface area contributed by atoms with Crippen LogP contribution in [0.5, 0.6) is 0 Å². The fraction of sp³-hybridized carbons (Fsp3) is 0.938. The van der Waals surface area contributed by atoms with Crippen LogP contribution in [0.25, 0.3) is 0 Å². The summed E-state index contributed by atoms with van der Waals surface area (Å²) in [5, 5.41) is 10.3. The molecule has 0 radical (unpaired) electrons. The van der Waals surface area contributed by atoms with Crippen molar-refractivity contribution in [1.29, 1.82) is 0 Å². The Morgan fingerprint density at radius 1 is 1.43 bits per heavy atom. The Balaban J connectivity index is 1.73. The molecule has 1 saturated carbocycles. The molecular formula is C16H28N2O3. The Bertz CT molecular complexity index is 445. The fourth-order valence-corrected chi connectivity index (χ4v) is 4.70.